The van der Waals surface area contributed by atoms with E-state index in [1.165, 1.54) is 11.1 Å². The zero-order valence-electron chi connectivity index (χ0n) is 24.5. The zero-order valence-corrected chi connectivity index (χ0v) is 24.5. The van der Waals surface area contributed by atoms with Crippen molar-refractivity contribution in [3.63, 3.8) is 0 Å². The van der Waals surface area contributed by atoms with Crippen molar-refractivity contribution in [2.24, 2.45) is 15.0 Å². The number of aromatic nitrogens is 1. The van der Waals surface area contributed by atoms with E-state index in [9.17, 15) is 0 Å². The van der Waals surface area contributed by atoms with Gasteiger partial charge in [-0.3, -0.25) is 20.0 Å². The maximum Gasteiger partial charge on any atom is 0.128 e. The van der Waals surface area contributed by atoms with E-state index in [1.807, 2.05) is 73.9 Å². The van der Waals surface area contributed by atoms with Gasteiger partial charge in [0, 0.05) is 66.9 Å². The summed E-state index contributed by atoms with van der Waals surface area (Å²) < 4.78 is 6.78. The summed E-state index contributed by atoms with van der Waals surface area (Å²) in [4.78, 5) is 17.6. The molecule has 0 aliphatic carbocycles. The minimum absolute atomic E-state index is 0.387. The van der Waals surface area contributed by atoms with Crippen LogP contribution in [0.5, 0.6) is 11.5 Å². The molecular weight excluding hydrogens is 528 g/mol. The van der Waals surface area contributed by atoms with E-state index in [0.29, 0.717) is 0 Å². The molecule has 0 saturated carbocycles. The Labute approximate surface area is 253 Å². The molecule has 3 aliphatic heterocycles. The Morgan fingerprint density at radius 3 is 2.05 bits per heavy atom. The number of nitrogens with zero attached hydrogens (tertiary/aromatic N) is 4. The highest BCUT2D eigenvalue weighted by molar-refractivity contribution is 5.84. The fraction of sp³-hybridized carbons (Fsp3) is 0.158. The highest BCUT2D eigenvalue weighted by Gasteiger charge is 2.26. The summed E-state index contributed by atoms with van der Waals surface area (Å²) in [6.45, 7) is 4.35. The molecule has 5 heteroatoms. The van der Waals surface area contributed by atoms with Crippen molar-refractivity contribution in [2.75, 3.05) is 0 Å². The van der Waals surface area contributed by atoms with Crippen LogP contribution < -0.4 is 4.74 Å². The molecule has 2 atom stereocenters. The first-order valence-corrected chi connectivity index (χ1v) is 14.5. The van der Waals surface area contributed by atoms with Crippen LogP contribution in [0.1, 0.15) is 48.1 Å². The molecule has 1 aromatic heterocycles. The molecule has 0 N–H and O–H groups in total. The molecule has 0 bridgehead atoms. The fourth-order valence-corrected chi connectivity index (χ4v) is 5.40. The first-order chi connectivity index (χ1) is 21.0. The molecule has 0 amide bonds. The maximum atomic E-state index is 6.78. The van der Waals surface area contributed by atoms with Crippen molar-refractivity contribution >= 4 is 24.2 Å². The number of aliphatic imine (C=N–C) groups is 3. The molecule has 43 heavy (non-hydrogen) atoms. The monoisotopic (exact) mass is 562 g/mol. The smallest absolute Gasteiger partial charge is 0.128 e. The summed E-state index contributed by atoms with van der Waals surface area (Å²) in [6, 6.07) is 17.1. The van der Waals surface area contributed by atoms with Gasteiger partial charge in [-0.15, -0.1) is 0 Å². The van der Waals surface area contributed by atoms with Crippen LogP contribution in [0, 0.1) is 0 Å². The average molecular weight is 563 g/mol. The third-order valence-corrected chi connectivity index (χ3v) is 7.90. The molecule has 3 aromatic rings. The van der Waals surface area contributed by atoms with Crippen LogP contribution in [0.3, 0.4) is 0 Å². The molecule has 2 unspecified atom stereocenters. The zero-order chi connectivity index (χ0) is 29.5. The van der Waals surface area contributed by atoms with Crippen LogP contribution in [-0.4, -0.2) is 23.6 Å². The molecule has 0 spiro atoms. The van der Waals surface area contributed by atoms with Gasteiger partial charge in [-0.05, 0) is 114 Å². The van der Waals surface area contributed by atoms with Gasteiger partial charge in [0.15, 0.2) is 0 Å². The lowest BCUT2D eigenvalue weighted by Gasteiger charge is -2.25. The van der Waals surface area contributed by atoms with Crippen molar-refractivity contribution in [2.45, 2.75) is 37.5 Å². The van der Waals surface area contributed by atoms with Crippen LogP contribution in [0.15, 0.2) is 143 Å². The first kappa shape index (κ1) is 28.0. The van der Waals surface area contributed by atoms with E-state index in [1.54, 1.807) is 0 Å². The highest BCUT2D eigenvalue weighted by atomic mass is 16.5. The second kappa shape index (κ2) is 12.4. The number of rotatable bonds is 7. The third-order valence-electron chi connectivity index (χ3n) is 7.90. The van der Waals surface area contributed by atoms with Gasteiger partial charge in [0.05, 0.1) is 0 Å². The van der Waals surface area contributed by atoms with Gasteiger partial charge in [0.25, 0.3) is 0 Å². The number of allylic oxidation sites excluding steroid dienone is 9. The summed E-state index contributed by atoms with van der Waals surface area (Å²) in [7, 11) is 0. The van der Waals surface area contributed by atoms with E-state index in [4.69, 9.17) is 4.74 Å². The standard InChI is InChI=1S/C38H34N4O/c1-37(12-3-5-14-41-27-37)33-21-30(20-29-9-17-40-18-10-29)22-35(25-33)43-36-24-32(31-8-7-16-39-19-11-31)23-34(26-36)38(2)13-4-6-15-42-28-38/h3-10,12-19,21-28H,11,20H2,1-2H3. The second-order valence-electron chi connectivity index (χ2n) is 11.3. The summed E-state index contributed by atoms with van der Waals surface area (Å²) in [5.74, 6) is 1.54. The van der Waals surface area contributed by atoms with E-state index >= 15 is 0 Å². The van der Waals surface area contributed by atoms with Crippen LogP contribution in [0.25, 0.3) is 5.57 Å². The number of pyridine rings is 1. The van der Waals surface area contributed by atoms with Crippen molar-refractivity contribution in [3.05, 3.63) is 156 Å². The van der Waals surface area contributed by atoms with Crippen LogP contribution in [0.4, 0.5) is 0 Å². The molecule has 0 saturated heterocycles. The number of ether oxygens (including phenoxy) is 1. The fourth-order valence-electron chi connectivity index (χ4n) is 5.40. The molecule has 5 nitrogen and oxygen atoms in total. The van der Waals surface area contributed by atoms with Gasteiger partial charge in [-0.25, -0.2) is 0 Å². The largest absolute Gasteiger partial charge is 0.457 e. The molecule has 6 rings (SSSR count). The molecule has 0 radical (unpaired) electrons. The quantitative estimate of drug-likeness (QED) is 0.289. The summed E-state index contributed by atoms with van der Waals surface area (Å²) in [5.41, 5.74) is 6.03. The lowest BCUT2D eigenvalue weighted by atomic mass is 9.81. The first-order valence-electron chi connectivity index (χ1n) is 14.5. The number of hydrogen-bond donors (Lipinski definition) is 0. The Bertz CT molecular complexity index is 1730. The summed E-state index contributed by atoms with van der Waals surface area (Å²) in [6.07, 6.45) is 33.0. The molecule has 0 fully saturated rings. The summed E-state index contributed by atoms with van der Waals surface area (Å²) >= 11 is 0. The SMILES string of the molecule is CC1(c2cc(Cc3ccncc3)cc(Oc3cc(C4=CC=CN=CC4)cc(C4(C)C=CC=CN=C4)c3)c2)C=CC=CN=C1. The van der Waals surface area contributed by atoms with E-state index in [2.05, 4.69) is 107 Å². The maximum absolute atomic E-state index is 6.78. The Morgan fingerprint density at radius 1 is 0.674 bits per heavy atom. The minimum Gasteiger partial charge on any atom is -0.457 e. The van der Waals surface area contributed by atoms with Gasteiger partial charge in [-0.1, -0.05) is 36.4 Å². The Hall–Kier alpha value is -5.16. The average Bonchev–Trinajstić information content (AvgIpc) is 3.52. The van der Waals surface area contributed by atoms with Gasteiger partial charge in [-0.2, -0.15) is 0 Å². The number of hydrogen-bond acceptors (Lipinski definition) is 5. The predicted octanol–water partition coefficient (Wildman–Crippen LogP) is 8.66. The Kier molecular flexibility index (Phi) is 8.05. The summed E-state index contributed by atoms with van der Waals surface area (Å²) in [5, 5.41) is 0. The Balaban J connectivity index is 1.44. The molecule has 2 aromatic carbocycles. The van der Waals surface area contributed by atoms with Gasteiger partial charge >= 0.3 is 0 Å². The second-order valence-corrected chi connectivity index (χ2v) is 11.3. The molecule has 212 valence electrons. The van der Waals surface area contributed by atoms with E-state index in [0.717, 1.165) is 46.6 Å². The van der Waals surface area contributed by atoms with Crippen LogP contribution in [-0.2, 0) is 17.3 Å². The third kappa shape index (κ3) is 6.68. The minimum atomic E-state index is -0.400. The van der Waals surface area contributed by atoms with Crippen LogP contribution in [0.2, 0.25) is 0 Å². The molecule has 4 heterocycles. The van der Waals surface area contributed by atoms with Gasteiger partial charge in [0.2, 0.25) is 0 Å². The van der Waals surface area contributed by atoms with Crippen molar-refractivity contribution < 1.29 is 4.74 Å². The van der Waals surface area contributed by atoms with Gasteiger partial charge in [0.1, 0.15) is 11.5 Å². The topological polar surface area (TPSA) is 59.2 Å². The number of benzene rings is 2. The highest BCUT2D eigenvalue weighted by Crippen LogP contribution is 2.37. The molecule has 3 aliphatic rings. The van der Waals surface area contributed by atoms with Crippen molar-refractivity contribution in [1.82, 2.24) is 4.98 Å². The van der Waals surface area contributed by atoms with Crippen molar-refractivity contribution in [3.8, 4) is 11.5 Å². The Morgan fingerprint density at radius 2 is 1.33 bits per heavy atom. The predicted molar refractivity (Wildman–Crippen MR) is 178 cm³/mol. The van der Waals surface area contributed by atoms with Crippen molar-refractivity contribution in [1.29, 1.82) is 0 Å². The van der Waals surface area contributed by atoms with E-state index < -0.39 is 5.41 Å². The lowest BCUT2D eigenvalue weighted by molar-refractivity contribution is 0.479. The van der Waals surface area contributed by atoms with Gasteiger partial charge < -0.3 is 4.74 Å². The normalized spacial score (nSPS) is 22.2. The van der Waals surface area contributed by atoms with E-state index in [-0.39, 0.29) is 5.41 Å². The molecular formula is C38H34N4O. The lowest BCUT2D eigenvalue weighted by Crippen LogP contribution is -2.21. The van der Waals surface area contributed by atoms with Crippen LogP contribution >= 0.6 is 0 Å².